The van der Waals surface area contributed by atoms with Gasteiger partial charge in [-0.1, -0.05) is 6.07 Å². The molecule has 2 heterocycles. The van der Waals surface area contributed by atoms with Crippen molar-refractivity contribution in [1.29, 1.82) is 0 Å². The Balaban J connectivity index is 1.74. The molecule has 1 unspecified atom stereocenters. The molecule has 1 aromatic heterocycles. The van der Waals surface area contributed by atoms with E-state index in [4.69, 9.17) is 4.74 Å². The van der Waals surface area contributed by atoms with Gasteiger partial charge in [0.1, 0.15) is 11.9 Å². The molecule has 0 aliphatic carbocycles. The highest BCUT2D eigenvalue weighted by molar-refractivity contribution is 5.94. The van der Waals surface area contributed by atoms with E-state index in [0.717, 1.165) is 5.69 Å². The molecule has 0 saturated carbocycles. The molecule has 108 valence electrons. The Kier molecular flexibility index (Phi) is 3.92. The van der Waals surface area contributed by atoms with Crippen molar-refractivity contribution in [2.45, 2.75) is 6.10 Å². The van der Waals surface area contributed by atoms with Crippen molar-refractivity contribution in [3.63, 3.8) is 0 Å². The lowest BCUT2D eigenvalue weighted by Gasteiger charge is -2.32. The molecule has 3 rings (SSSR count). The van der Waals surface area contributed by atoms with Gasteiger partial charge in [0, 0.05) is 18.3 Å². The Morgan fingerprint density at radius 2 is 2.05 bits per heavy atom. The topological polar surface area (TPSA) is 42.4 Å². The van der Waals surface area contributed by atoms with Crippen LogP contribution < -0.4 is 0 Å². The summed E-state index contributed by atoms with van der Waals surface area (Å²) < 4.78 is 18.6. The minimum Gasteiger partial charge on any atom is -0.368 e. The Morgan fingerprint density at radius 3 is 2.76 bits per heavy atom. The van der Waals surface area contributed by atoms with E-state index < -0.39 is 0 Å². The molecule has 1 atom stereocenters. The second-order valence-electron chi connectivity index (χ2n) is 4.87. The monoisotopic (exact) mass is 286 g/mol. The van der Waals surface area contributed by atoms with Crippen LogP contribution >= 0.6 is 0 Å². The zero-order valence-corrected chi connectivity index (χ0v) is 11.4. The van der Waals surface area contributed by atoms with Gasteiger partial charge in [-0.15, -0.1) is 0 Å². The molecule has 0 spiro atoms. The summed E-state index contributed by atoms with van der Waals surface area (Å²) in [5, 5.41) is 0. The molecule has 4 nitrogen and oxygen atoms in total. The van der Waals surface area contributed by atoms with Gasteiger partial charge in [-0.25, -0.2) is 4.39 Å². The normalized spacial score (nSPS) is 18.5. The summed E-state index contributed by atoms with van der Waals surface area (Å²) in [4.78, 5) is 18.4. The van der Waals surface area contributed by atoms with Crippen LogP contribution in [0.2, 0.25) is 0 Å². The van der Waals surface area contributed by atoms with Crippen LogP contribution in [0.15, 0.2) is 48.7 Å². The molecule has 1 aliphatic rings. The predicted octanol–water partition coefficient (Wildman–Crippen LogP) is 2.43. The van der Waals surface area contributed by atoms with Crippen molar-refractivity contribution in [3.8, 4) is 0 Å². The van der Waals surface area contributed by atoms with Crippen molar-refractivity contribution >= 4 is 5.91 Å². The zero-order valence-electron chi connectivity index (χ0n) is 11.4. The van der Waals surface area contributed by atoms with E-state index in [-0.39, 0.29) is 17.8 Å². The molecule has 21 heavy (non-hydrogen) atoms. The Morgan fingerprint density at radius 1 is 1.24 bits per heavy atom. The van der Waals surface area contributed by atoms with Crippen LogP contribution in [0.1, 0.15) is 22.2 Å². The summed E-state index contributed by atoms with van der Waals surface area (Å²) in [5.74, 6) is -0.459. The molecule has 0 bridgehead atoms. The third kappa shape index (κ3) is 3.08. The minimum absolute atomic E-state index is 0.112. The van der Waals surface area contributed by atoms with Crippen molar-refractivity contribution in [1.82, 2.24) is 9.88 Å². The molecular formula is C16H15FN2O2. The number of carbonyl (C=O) groups excluding carboxylic acids is 1. The third-order valence-electron chi connectivity index (χ3n) is 3.46. The number of morpholine rings is 1. The summed E-state index contributed by atoms with van der Waals surface area (Å²) in [5.41, 5.74) is 1.30. The van der Waals surface area contributed by atoms with E-state index in [1.54, 1.807) is 11.1 Å². The first-order valence-corrected chi connectivity index (χ1v) is 6.81. The van der Waals surface area contributed by atoms with Gasteiger partial charge in [-0.05, 0) is 36.4 Å². The molecule has 2 aromatic rings. The van der Waals surface area contributed by atoms with Crippen LogP contribution in [-0.4, -0.2) is 35.5 Å². The van der Waals surface area contributed by atoms with Gasteiger partial charge in [0.25, 0.3) is 5.91 Å². The number of aromatic nitrogens is 1. The summed E-state index contributed by atoms with van der Waals surface area (Å²) in [6, 6.07) is 11.2. The largest absolute Gasteiger partial charge is 0.368 e. The van der Waals surface area contributed by atoms with Crippen molar-refractivity contribution in [3.05, 3.63) is 65.7 Å². The van der Waals surface area contributed by atoms with Crippen LogP contribution in [-0.2, 0) is 4.74 Å². The van der Waals surface area contributed by atoms with E-state index in [0.29, 0.717) is 25.3 Å². The zero-order chi connectivity index (χ0) is 14.7. The number of halogens is 1. The number of rotatable bonds is 2. The number of carbonyl (C=O) groups is 1. The molecule has 1 amide bonds. The van der Waals surface area contributed by atoms with Gasteiger partial charge < -0.3 is 9.64 Å². The number of nitrogens with zero attached hydrogens (tertiary/aromatic N) is 2. The van der Waals surface area contributed by atoms with Gasteiger partial charge >= 0.3 is 0 Å². The SMILES string of the molecule is O=C(c1ccc(F)cc1)N1CCOC(c2ccccn2)C1. The lowest BCUT2D eigenvalue weighted by Crippen LogP contribution is -2.42. The minimum atomic E-state index is -0.347. The highest BCUT2D eigenvalue weighted by atomic mass is 19.1. The first kappa shape index (κ1) is 13.7. The quantitative estimate of drug-likeness (QED) is 0.851. The van der Waals surface area contributed by atoms with Gasteiger partial charge in [0.2, 0.25) is 0 Å². The van der Waals surface area contributed by atoms with E-state index in [2.05, 4.69) is 4.98 Å². The van der Waals surface area contributed by atoms with Crippen LogP contribution in [0.4, 0.5) is 4.39 Å². The van der Waals surface area contributed by atoms with Gasteiger partial charge in [0.15, 0.2) is 0 Å². The molecule has 1 aromatic carbocycles. The summed E-state index contributed by atoms with van der Waals surface area (Å²) in [6.07, 6.45) is 1.49. The fourth-order valence-corrected chi connectivity index (χ4v) is 2.35. The second-order valence-corrected chi connectivity index (χ2v) is 4.87. The van der Waals surface area contributed by atoms with Crippen LogP contribution in [0.25, 0.3) is 0 Å². The first-order valence-electron chi connectivity index (χ1n) is 6.81. The summed E-state index contributed by atoms with van der Waals surface area (Å²) in [6.45, 7) is 1.45. The maximum absolute atomic E-state index is 12.9. The standard InChI is InChI=1S/C16H15FN2O2/c17-13-6-4-12(5-7-13)16(20)19-9-10-21-15(11-19)14-3-1-2-8-18-14/h1-8,15H,9-11H2. The Labute approximate surface area is 122 Å². The number of benzene rings is 1. The first-order chi connectivity index (χ1) is 10.2. The number of hydrogen-bond acceptors (Lipinski definition) is 3. The van der Waals surface area contributed by atoms with Crippen LogP contribution in [0, 0.1) is 5.82 Å². The maximum atomic E-state index is 12.9. The molecule has 1 fully saturated rings. The molecule has 1 aliphatic heterocycles. The molecule has 0 N–H and O–H groups in total. The number of amides is 1. The number of pyridine rings is 1. The average Bonchev–Trinajstić information content (AvgIpc) is 2.56. The molecule has 0 radical (unpaired) electrons. The number of hydrogen-bond donors (Lipinski definition) is 0. The lowest BCUT2D eigenvalue weighted by molar-refractivity contribution is -0.0247. The lowest BCUT2D eigenvalue weighted by atomic mass is 10.1. The van der Waals surface area contributed by atoms with E-state index in [1.807, 2.05) is 18.2 Å². The Bertz CT molecular complexity index is 616. The highest BCUT2D eigenvalue weighted by Gasteiger charge is 2.26. The molecular weight excluding hydrogens is 271 g/mol. The van der Waals surface area contributed by atoms with E-state index in [9.17, 15) is 9.18 Å². The van der Waals surface area contributed by atoms with Gasteiger partial charge in [-0.2, -0.15) is 0 Å². The van der Waals surface area contributed by atoms with Crippen molar-refractivity contribution in [2.24, 2.45) is 0 Å². The van der Waals surface area contributed by atoms with E-state index >= 15 is 0 Å². The van der Waals surface area contributed by atoms with Gasteiger partial charge in [-0.3, -0.25) is 9.78 Å². The maximum Gasteiger partial charge on any atom is 0.254 e. The average molecular weight is 286 g/mol. The molecule has 5 heteroatoms. The summed E-state index contributed by atoms with van der Waals surface area (Å²) >= 11 is 0. The van der Waals surface area contributed by atoms with Crippen molar-refractivity contribution in [2.75, 3.05) is 19.7 Å². The van der Waals surface area contributed by atoms with Crippen LogP contribution in [0.5, 0.6) is 0 Å². The second kappa shape index (κ2) is 6.01. The smallest absolute Gasteiger partial charge is 0.254 e. The summed E-state index contributed by atoms with van der Waals surface area (Å²) in [7, 11) is 0. The fourth-order valence-electron chi connectivity index (χ4n) is 2.35. The third-order valence-corrected chi connectivity index (χ3v) is 3.46. The Hall–Kier alpha value is -2.27. The predicted molar refractivity (Wildman–Crippen MR) is 75.2 cm³/mol. The van der Waals surface area contributed by atoms with Crippen molar-refractivity contribution < 1.29 is 13.9 Å². The molecule has 1 saturated heterocycles. The number of ether oxygens (including phenoxy) is 1. The van der Waals surface area contributed by atoms with Crippen LogP contribution in [0.3, 0.4) is 0 Å². The fraction of sp³-hybridized carbons (Fsp3) is 0.250. The highest BCUT2D eigenvalue weighted by Crippen LogP contribution is 2.21. The van der Waals surface area contributed by atoms with Gasteiger partial charge in [0.05, 0.1) is 18.8 Å². The van der Waals surface area contributed by atoms with E-state index in [1.165, 1.54) is 24.3 Å².